The zero-order valence-electron chi connectivity index (χ0n) is 7.20. The molecule has 1 heteroatoms. The lowest BCUT2D eigenvalue weighted by Crippen LogP contribution is -1.87. The van der Waals surface area contributed by atoms with Gasteiger partial charge in [0.15, 0.2) is 0 Å². The van der Waals surface area contributed by atoms with Crippen LogP contribution in [0, 0.1) is 6.92 Å². The SMILES string of the molecule is [CH2]C(F)c1cccc2ccccc12. The third-order valence-corrected chi connectivity index (χ3v) is 2.16. The van der Waals surface area contributed by atoms with Gasteiger partial charge in [-0.15, -0.1) is 0 Å². The molecule has 0 aromatic heterocycles. The van der Waals surface area contributed by atoms with E-state index in [9.17, 15) is 4.39 Å². The van der Waals surface area contributed by atoms with E-state index in [-0.39, 0.29) is 0 Å². The minimum Gasteiger partial charge on any atom is -0.242 e. The lowest BCUT2D eigenvalue weighted by molar-refractivity contribution is 0.414. The first-order chi connectivity index (χ1) is 6.29. The molecule has 2 aromatic carbocycles. The Kier molecular flexibility index (Phi) is 2.01. The van der Waals surface area contributed by atoms with Crippen molar-refractivity contribution in [2.75, 3.05) is 0 Å². The molecule has 2 aromatic rings. The van der Waals surface area contributed by atoms with Crippen molar-refractivity contribution in [1.29, 1.82) is 0 Å². The number of alkyl halides is 1. The highest BCUT2D eigenvalue weighted by Gasteiger charge is 2.05. The fourth-order valence-corrected chi connectivity index (χ4v) is 1.52. The van der Waals surface area contributed by atoms with Crippen LogP contribution in [0.5, 0.6) is 0 Å². The van der Waals surface area contributed by atoms with Crippen molar-refractivity contribution in [3.63, 3.8) is 0 Å². The monoisotopic (exact) mass is 173 g/mol. The lowest BCUT2D eigenvalue weighted by atomic mass is 10.0. The van der Waals surface area contributed by atoms with Gasteiger partial charge in [0.05, 0.1) is 0 Å². The van der Waals surface area contributed by atoms with Crippen LogP contribution >= 0.6 is 0 Å². The van der Waals surface area contributed by atoms with Gasteiger partial charge in [0.2, 0.25) is 0 Å². The normalized spacial score (nSPS) is 13.1. The highest BCUT2D eigenvalue weighted by molar-refractivity contribution is 5.86. The second kappa shape index (κ2) is 3.17. The second-order valence-electron chi connectivity index (χ2n) is 3.04. The van der Waals surface area contributed by atoms with Gasteiger partial charge in [-0.2, -0.15) is 0 Å². The average molecular weight is 173 g/mol. The molecule has 1 atom stereocenters. The Morgan fingerprint density at radius 3 is 2.46 bits per heavy atom. The van der Waals surface area contributed by atoms with E-state index in [1.54, 1.807) is 6.07 Å². The molecule has 0 N–H and O–H groups in total. The topological polar surface area (TPSA) is 0 Å². The molecule has 0 aliphatic carbocycles. The number of fused-ring (bicyclic) bond motifs is 1. The summed E-state index contributed by atoms with van der Waals surface area (Å²) in [6, 6.07) is 13.4. The van der Waals surface area contributed by atoms with E-state index in [1.807, 2.05) is 36.4 Å². The van der Waals surface area contributed by atoms with E-state index < -0.39 is 6.17 Å². The van der Waals surface area contributed by atoms with E-state index in [1.165, 1.54) is 0 Å². The van der Waals surface area contributed by atoms with Gasteiger partial charge < -0.3 is 0 Å². The smallest absolute Gasteiger partial charge is 0.126 e. The molecule has 2 rings (SSSR count). The van der Waals surface area contributed by atoms with E-state index in [0.29, 0.717) is 5.56 Å². The van der Waals surface area contributed by atoms with Crippen LogP contribution in [-0.4, -0.2) is 0 Å². The first-order valence-corrected chi connectivity index (χ1v) is 4.24. The van der Waals surface area contributed by atoms with Gasteiger partial charge in [0.1, 0.15) is 6.17 Å². The molecule has 0 heterocycles. The van der Waals surface area contributed by atoms with Crippen molar-refractivity contribution in [2.45, 2.75) is 6.17 Å². The molecule has 0 nitrogen and oxygen atoms in total. The standard InChI is InChI=1S/C12H10F/c1-9(13)11-8-4-6-10-5-2-3-7-12(10)11/h2-9H,1H2. The van der Waals surface area contributed by atoms with Gasteiger partial charge in [-0.05, 0) is 23.3 Å². The van der Waals surface area contributed by atoms with Crippen molar-refractivity contribution in [3.05, 3.63) is 55.0 Å². The van der Waals surface area contributed by atoms with Gasteiger partial charge in [-0.1, -0.05) is 42.5 Å². The number of hydrogen-bond acceptors (Lipinski definition) is 0. The van der Waals surface area contributed by atoms with Crippen LogP contribution in [0.2, 0.25) is 0 Å². The molecular weight excluding hydrogens is 163 g/mol. The quantitative estimate of drug-likeness (QED) is 0.617. The molecule has 1 unspecified atom stereocenters. The van der Waals surface area contributed by atoms with Crippen LogP contribution in [0.25, 0.3) is 10.8 Å². The summed E-state index contributed by atoms with van der Waals surface area (Å²) in [5, 5.41) is 2.01. The Morgan fingerprint density at radius 1 is 1.00 bits per heavy atom. The minimum absolute atomic E-state index is 0.665. The zero-order valence-corrected chi connectivity index (χ0v) is 7.20. The Morgan fingerprint density at radius 2 is 1.69 bits per heavy atom. The molecule has 13 heavy (non-hydrogen) atoms. The first-order valence-electron chi connectivity index (χ1n) is 4.24. The van der Waals surface area contributed by atoms with Gasteiger partial charge in [0.25, 0.3) is 0 Å². The van der Waals surface area contributed by atoms with E-state index in [2.05, 4.69) is 6.92 Å². The molecule has 65 valence electrons. The average Bonchev–Trinajstić information content (AvgIpc) is 2.17. The fourth-order valence-electron chi connectivity index (χ4n) is 1.52. The Hall–Kier alpha value is -1.37. The largest absolute Gasteiger partial charge is 0.242 e. The van der Waals surface area contributed by atoms with Crippen molar-refractivity contribution in [2.24, 2.45) is 0 Å². The van der Waals surface area contributed by atoms with Gasteiger partial charge >= 0.3 is 0 Å². The zero-order chi connectivity index (χ0) is 9.26. The Balaban J connectivity index is 2.76. The van der Waals surface area contributed by atoms with E-state index in [4.69, 9.17) is 0 Å². The van der Waals surface area contributed by atoms with Crippen molar-refractivity contribution >= 4 is 10.8 Å². The van der Waals surface area contributed by atoms with Crippen molar-refractivity contribution in [3.8, 4) is 0 Å². The summed E-state index contributed by atoms with van der Waals surface area (Å²) in [7, 11) is 0. The molecule has 1 radical (unpaired) electrons. The molecular formula is C12H10F. The summed E-state index contributed by atoms with van der Waals surface area (Å²) in [5.41, 5.74) is 0.665. The Bertz CT molecular complexity index is 413. The van der Waals surface area contributed by atoms with Crippen LogP contribution in [0.1, 0.15) is 11.7 Å². The maximum atomic E-state index is 13.1. The van der Waals surface area contributed by atoms with Crippen molar-refractivity contribution < 1.29 is 4.39 Å². The van der Waals surface area contributed by atoms with Crippen molar-refractivity contribution in [1.82, 2.24) is 0 Å². The number of halogens is 1. The highest BCUT2D eigenvalue weighted by atomic mass is 19.1. The van der Waals surface area contributed by atoms with Gasteiger partial charge in [0, 0.05) is 0 Å². The minimum atomic E-state index is -1.15. The number of rotatable bonds is 1. The van der Waals surface area contributed by atoms with E-state index >= 15 is 0 Å². The molecule has 0 aliphatic heterocycles. The fraction of sp³-hybridized carbons (Fsp3) is 0.0833. The number of hydrogen-bond donors (Lipinski definition) is 0. The maximum absolute atomic E-state index is 13.1. The van der Waals surface area contributed by atoms with Crippen LogP contribution in [0.3, 0.4) is 0 Å². The summed E-state index contributed by atoms with van der Waals surface area (Å²) >= 11 is 0. The second-order valence-corrected chi connectivity index (χ2v) is 3.04. The summed E-state index contributed by atoms with van der Waals surface area (Å²) in [6.07, 6.45) is -1.15. The van der Waals surface area contributed by atoms with E-state index in [0.717, 1.165) is 10.8 Å². The summed E-state index contributed by atoms with van der Waals surface area (Å²) in [6.45, 7) is 3.39. The molecule has 0 spiro atoms. The third-order valence-electron chi connectivity index (χ3n) is 2.16. The summed E-state index contributed by atoms with van der Waals surface area (Å²) in [5.74, 6) is 0. The molecule has 0 saturated carbocycles. The molecule has 0 bridgehead atoms. The first kappa shape index (κ1) is 8.24. The molecule has 0 amide bonds. The predicted molar refractivity (Wildman–Crippen MR) is 53.2 cm³/mol. The van der Waals surface area contributed by atoms with Crippen LogP contribution in [0.4, 0.5) is 4.39 Å². The Labute approximate surface area is 77.0 Å². The molecule has 0 saturated heterocycles. The van der Waals surface area contributed by atoms with Crippen LogP contribution in [-0.2, 0) is 0 Å². The van der Waals surface area contributed by atoms with Gasteiger partial charge in [-0.25, -0.2) is 4.39 Å². The number of benzene rings is 2. The predicted octanol–water partition coefficient (Wildman–Crippen LogP) is 3.68. The van der Waals surface area contributed by atoms with Crippen LogP contribution < -0.4 is 0 Å². The summed E-state index contributed by atoms with van der Waals surface area (Å²) in [4.78, 5) is 0. The third kappa shape index (κ3) is 1.42. The summed E-state index contributed by atoms with van der Waals surface area (Å²) < 4.78 is 13.1. The molecule has 0 aliphatic rings. The lowest BCUT2D eigenvalue weighted by Gasteiger charge is -2.06. The highest BCUT2D eigenvalue weighted by Crippen LogP contribution is 2.25. The maximum Gasteiger partial charge on any atom is 0.126 e. The van der Waals surface area contributed by atoms with Crippen LogP contribution in [0.15, 0.2) is 42.5 Å². The van der Waals surface area contributed by atoms with Gasteiger partial charge in [-0.3, -0.25) is 0 Å². The molecule has 0 fully saturated rings.